The van der Waals surface area contributed by atoms with Crippen molar-refractivity contribution in [1.29, 1.82) is 0 Å². The van der Waals surface area contributed by atoms with Crippen LogP contribution < -0.4 is 5.32 Å². The van der Waals surface area contributed by atoms with Crippen LogP contribution in [0.5, 0.6) is 0 Å². The van der Waals surface area contributed by atoms with Crippen molar-refractivity contribution >= 4 is 46.2 Å². The van der Waals surface area contributed by atoms with Gasteiger partial charge in [0.2, 0.25) is 5.89 Å². The third-order valence-corrected chi connectivity index (χ3v) is 4.78. The highest BCUT2D eigenvalue weighted by Crippen LogP contribution is 2.23. The molecule has 2 heterocycles. The number of rotatable bonds is 5. The number of hydrogen-bond donors (Lipinski definition) is 1. The Balaban J connectivity index is 1.47. The van der Waals surface area contributed by atoms with Gasteiger partial charge in [-0.15, -0.1) is 0 Å². The van der Waals surface area contributed by atoms with Crippen LogP contribution in [0, 0.1) is 0 Å². The second kappa shape index (κ2) is 8.46. The van der Waals surface area contributed by atoms with Gasteiger partial charge in [0.05, 0.1) is 18.8 Å². The second-order valence-corrected chi connectivity index (χ2v) is 6.91. The van der Waals surface area contributed by atoms with Crippen molar-refractivity contribution in [2.45, 2.75) is 0 Å². The van der Waals surface area contributed by atoms with Crippen molar-refractivity contribution in [2.75, 3.05) is 31.6 Å². The molecule has 0 radical (unpaired) electrons. The molecule has 0 spiro atoms. The van der Waals surface area contributed by atoms with E-state index in [0.29, 0.717) is 54.3 Å². The number of nitrogens with zero attached hydrogens (tertiary/aromatic N) is 2. The van der Waals surface area contributed by atoms with Crippen LogP contribution in [0.3, 0.4) is 0 Å². The van der Waals surface area contributed by atoms with Crippen molar-refractivity contribution in [3.63, 3.8) is 0 Å². The highest BCUT2D eigenvalue weighted by molar-refractivity contribution is 6.31. The maximum Gasteiger partial charge on any atom is 0.254 e. The number of allylic oxidation sites excluding steroid dienone is 1. The molecule has 29 heavy (non-hydrogen) atoms. The third-order valence-electron chi connectivity index (χ3n) is 4.55. The van der Waals surface area contributed by atoms with Crippen molar-refractivity contribution in [3.8, 4) is 0 Å². The smallest absolute Gasteiger partial charge is 0.254 e. The first-order chi connectivity index (χ1) is 14.1. The van der Waals surface area contributed by atoms with Gasteiger partial charge in [0.1, 0.15) is 5.52 Å². The molecule has 0 bridgehead atoms. The number of oxazole rings is 1. The van der Waals surface area contributed by atoms with Crippen LogP contribution in [0.2, 0.25) is 5.02 Å². The first-order valence-electron chi connectivity index (χ1n) is 9.09. The van der Waals surface area contributed by atoms with Crippen LogP contribution >= 0.6 is 11.6 Å². The standard InChI is InChI=1S/C21H18ClN3O4/c22-16-3-6-19-18(11-16)24-20(29-19)15(13-26)12-23-17-4-1-14(2-5-17)21(27)25-7-9-28-10-8-25/h1-6,11-13,23H,7-10H2/b15-12-. The molecule has 2 aromatic carbocycles. The van der Waals surface area contributed by atoms with E-state index >= 15 is 0 Å². The predicted molar refractivity (Wildman–Crippen MR) is 110 cm³/mol. The molecule has 0 aliphatic carbocycles. The summed E-state index contributed by atoms with van der Waals surface area (Å²) in [6.07, 6.45) is 2.17. The predicted octanol–water partition coefficient (Wildman–Crippen LogP) is 3.61. The first-order valence-corrected chi connectivity index (χ1v) is 9.47. The number of aromatic nitrogens is 1. The Labute approximate surface area is 171 Å². The Morgan fingerprint density at radius 2 is 1.90 bits per heavy atom. The summed E-state index contributed by atoms with van der Waals surface area (Å²) in [5.74, 6) is 0.179. The fourth-order valence-corrected chi connectivity index (χ4v) is 3.16. The molecule has 1 aromatic heterocycles. The van der Waals surface area contributed by atoms with Crippen molar-refractivity contribution in [2.24, 2.45) is 0 Å². The van der Waals surface area contributed by atoms with Gasteiger partial charge < -0.3 is 19.4 Å². The van der Waals surface area contributed by atoms with Gasteiger partial charge in [0, 0.05) is 35.6 Å². The highest BCUT2D eigenvalue weighted by Gasteiger charge is 2.18. The maximum atomic E-state index is 12.5. The lowest BCUT2D eigenvalue weighted by Gasteiger charge is -2.26. The second-order valence-electron chi connectivity index (χ2n) is 6.47. The fraction of sp³-hybridized carbons (Fsp3) is 0.190. The van der Waals surface area contributed by atoms with Gasteiger partial charge in [-0.3, -0.25) is 9.59 Å². The minimum absolute atomic E-state index is 0.0193. The molecule has 1 N–H and O–H groups in total. The van der Waals surface area contributed by atoms with Gasteiger partial charge in [0.25, 0.3) is 5.91 Å². The molecule has 148 valence electrons. The molecule has 1 fully saturated rings. The molecule has 1 aliphatic heterocycles. The Morgan fingerprint density at radius 1 is 1.14 bits per heavy atom. The molecule has 7 nitrogen and oxygen atoms in total. The van der Waals surface area contributed by atoms with Crippen molar-refractivity contribution in [1.82, 2.24) is 9.88 Å². The van der Waals surface area contributed by atoms with Crippen LogP contribution in [0.15, 0.2) is 53.1 Å². The molecule has 8 heteroatoms. The van der Waals surface area contributed by atoms with Crippen LogP contribution in [0.25, 0.3) is 16.7 Å². The minimum atomic E-state index is -0.0193. The molecular formula is C21H18ClN3O4. The largest absolute Gasteiger partial charge is 0.436 e. The Bertz CT molecular complexity index is 1070. The molecular weight excluding hydrogens is 394 g/mol. The zero-order valence-corrected chi connectivity index (χ0v) is 16.2. The van der Waals surface area contributed by atoms with Crippen LogP contribution in [0.1, 0.15) is 16.2 Å². The normalized spacial score (nSPS) is 14.8. The molecule has 4 rings (SSSR count). The van der Waals surface area contributed by atoms with E-state index in [2.05, 4.69) is 10.3 Å². The number of carbonyl (C=O) groups excluding carboxylic acids is 2. The number of aldehydes is 1. The van der Waals surface area contributed by atoms with E-state index in [-0.39, 0.29) is 17.4 Å². The molecule has 1 amide bonds. The van der Waals surface area contributed by atoms with Gasteiger partial charge in [-0.2, -0.15) is 0 Å². The monoisotopic (exact) mass is 411 g/mol. The average Bonchev–Trinajstić information content (AvgIpc) is 3.17. The van der Waals surface area contributed by atoms with Gasteiger partial charge in [-0.05, 0) is 42.5 Å². The quantitative estimate of drug-likeness (QED) is 0.510. The number of carbonyl (C=O) groups is 2. The van der Waals surface area contributed by atoms with E-state index in [4.69, 9.17) is 20.8 Å². The topological polar surface area (TPSA) is 84.7 Å². The van der Waals surface area contributed by atoms with Crippen molar-refractivity contribution < 1.29 is 18.7 Å². The molecule has 0 saturated carbocycles. The van der Waals surface area contributed by atoms with Crippen LogP contribution in [0.4, 0.5) is 5.69 Å². The van der Waals surface area contributed by atoms with E-state index in [1.54, 1.807) is 47.4 Å². The molecule has 3 aromatic rings. The SMILES string of the molecule is O=C/C(=C/Nc1ccc(C(=O)N2CCOCC2)cc1)c1nc2cc(Cl)ccc2o1. The summed E-state index contributed by atoms with van der Waals surface area (Å²) in [6.45, 7) is 2.32. The molecule has 1 saturated heterocycles. The summed E-state index contributed by atoms with van der Waals surface area (Å²) in [6, 6.07) is 12.1. The molecule has 0 unspecified atom stereocenters. The summed E-state index contributed by atoms with van der Waals surface area (Å²) in [7, 11) is 0. The van der Waals surface area contributed by atoms with E-state index in [1.807, 2.05) is 0 Å². The average molecular weight is 412 g/mol. The van der Waals surface area contributed by atoms with E-state index in [9.17, 15) is 9.59 Å². The van der Waals surface area contributed by atoms with Crippen LogP contribution in [-0.2, 0) is 9.53 Å². The summed E-state index contributed by atoms with van der Waals surface area (Å²) in [4.78, 5) is 30.0. The third kappa shape index (κ3) is 4.31. The summed E-state index contributed by atoms with van der Waals surface area (Å²) >= 11 is 5.96. The van der Waals surface area contributed by atoms with E-state index in [0.717, 1.165) is 5.69 Å². The molecule has 0 atom stereocenters. The number of ether oxygens (including phenoxy) is 1. The number of halogens is 1. The lowest BCUT2D eigenvalue weighted by molar-refractivity contribution is -0.103. The number of benzene rings is 2. The van der Waals surface area contributed by atoms with Crippen LogP contribution in [-0.4, -0.2) is 48.4 Å². The van der Waals surface area contributed by atoms with Gasteiger partial charge >= 0.3 is 0 Å². The van der Waals surface area contributed by atoms with Gasteiger partial charge in [0.15, 0.2) is 11.9 Å². The zero-order valence-electron chi connectivity index (χ0n) is 15.4. The van der Waals surface area contributed by atoms with E-state index in [1.165, 1.54) is 6.20 Å². The number of amides is 1. The summed E-state index contributed by atoms with van der Waals surface area (Å²) in [5.41, 5.74) is 2.70. The number of anilines is 1. The zero-order chi connectivity index (χ0) is 20.2. The first kappa shape index (κ1) is 19.2. The highest BCUT2D eigenvalue weighted by atomic mass is 35.5. The lowest BCUT2D eigenvalue weighted by Crippen LogP contribution is -2.40. The van der Waals surface area contributed by atoms with E-state index < -0.39 is 0 Å². The Morgan fingerprint density at radius 3 is 2.62 bits per heavy atom. The number of nitrogens with one attached hydrogen (secondary N) is 1. The lowest BCUT2D eigenvalue weighted by atomic mass is 10.1. The Kier molecular flexibility index (Phi) is 5.59. The van der Waals surface area contributed by atoms with Gasteiger partial charge in [-0.25, -0.2) is 4.98 Å². The number of morpholine rings is 1. The Hall–Kier alpha value is -3.16. The van der Waals surface area contributed by atoms with Gasteiger partial charge in [-0.1, -0.05) is 11.6 Å². The number of fused-ring (bicyclic) bond motifs is 1. The maximum absolute atomic E-state index is 12.5. The minimum Gasteiger partial charge on any atom is -0.436 e. The summed E-state index contributed by atoms with van der Waals surface area (Å²) in [5, 5.41) is 3.57. The summed E-state index contributed by atoms with van der Waals surface area (Å²) < 4.78 is 10.9. The van der Waals surface area contributed by atoms with Crippen molar-refractivity contribution in [3.05, 3.63) is 65.1 Å². The fourth-order valence-electron chi connectivity index (χ4n) is 2.99. The molecule has 1 aliphatic rings. The number of hydrogen-bond acceptors (Lipinski definition) is 6.